The maximum atomic E-state index is 13.5. The van der Waals surface area contributed by atoms with E-state index < -0.39 is 35.4 Å². The second-order valence-electron chi connectivity index (χ2n) is 16.4. The molecule has 3 atom stereocenters. The van der Waals surface area contributed by atoms with Crippen molar-refractivity contribution in [2.24, 2.45) is 11.8 Å². The normalized spacial score (nSPS) is 15.2. The lowest BCUT2D eigenvalue weighted by atomic mass is 9.95. The van der Waals surface area contributed by atoms with E-state index in [0.717, 1.165) is 0 Å². The number of likely N-dealkylation sites (tertiary alicyclic amines) is 1. The van der Waals surface area contributed by atoms with Gasteiger partial charge in [0.05, 0.1) is 12.1 Å². The van der Waals surface area contributed by atoms with Crippen LogP contribution in [0.2, 0.25) is 0 Å². The molecule has 1 aromatic rings. The summed E-state index contributed by atoms with van der Waals surface area (Å²) in [6, 6.07) is 2.58. The first-order valence-electron chi connectivity index (χ1n) is 20.2. The Morgan fingerprint density at radius 1 is 0.983 bits per heavy atom. The number of esters is 1. The maximum Gasteiger partial charge on any atom is 0.333 e. The fourth-order valence-electron chi connectivity index (χ4n) is 6.27. The van der Waals surface area contributed by atoms with Gasteiger partial charge in [-0.2, -0.15) is 0 Å². The van der Waals surface area contributed by atoms with Crippen molar-refractivity contribution in [3.8, 4) is 12.3 Å². The minimum Gasteiger partial charge on any atom is -0.457 e. The summed E-state index contributed by atoms with van der Waals surface area (Å²) in [5.74, 6) is -0.925. The predicted molar refractivity (Wildman–Crippen MR) is 224 cm³/mol. The van der Waals surface area contributed by atoms with Crippen LogP contribution in [-0.2, 0) is 56.2 Å². The van der Waals surface area contributed by atoms with Gasteiger partial charge in [0.2, 0.25) is 23.6 Å². The highest BCUT2D eigenvalue weighted by atomic mass is 16.5. The van der Waals surface area contributed by atoms with Crippen molar-refractivity contribution in [3.63, 3.8) is 0 Å². The Morgan fingerprint density at radius 3 is 2.24 bits per heavy atom. The van der Waals surface area contributed by atoms with Crippen molar-refractivity contribution in [1.29, 1.82) is 0 Å². The van der Waals surface area contributed by atoms with Crippen LogP contribution in [0.25, 0.3) is 0 Å². The van der Waals surface area contributed by atoms with Crippen LogP contribution in [0.3, 0.4) is 0 Å². The molecule has 0 aromatic heterocycles. The zero-order valence-corrected chi connectivity index (χ0v) is 36.3. The fraction of sp³-hybridized carbons (Fsp3) is 0.591. The third-order valence-corrected chi connectivity index (χ3v) is 10.4. The minimum absolute atomic E-state index is 0.0475. The average molecular weight is 821 g/mol. The highest BCUT2D eigenvalue weighted by Gasteiger charge is 2.35. The van der Waals surface area contributed by atoms with Gasteiger partial charge >= 0.3 is 5.97 Å². The lowest BCUT2D eigenvalue weighted by Gasteiger charge is -2.36. The summed E-state index contributed by atoms with van der Waals surface area (Å²) in [6.07, 6.45) is 8.80. The Balaban J connectivity index is 2.11. The first-order valence-corrected chi connectivity index (χ1v) is 20.2. The van der Waals surface area contributed by atoms with Gasteiger partial charge in [0.1, 0.15) is 18.4 Å². The third kappa shape index (κ3) is 15.8. The number of hydrogen-bond donors (Lipinski definition) is 3. The number of nitrogens with zero attached hydrogens (tertiary/aromatic N) is 3. The predicted octanol–water partition coefficient (Wildman–Crippen LogP) is 3.54. The highest BCUT2D eigenvalue weighted by Crippen LogP contribution is 2.24. The van der Waals surface area contributed by atoms with Crippen LogP contribution in [0.1, 0.15) is 105 Å². The summed E-state index contributed by atoms with van der Waals surface area (Å²) in [5, 5.41) is 8.04. The number of benzene rings is 1. The van der Waals surface area contributed by atoms with Gasteiger partial charge in [-0.05, 0) is 96.8 Å². The molecule has 1 aliphatic rings. The summed E-state index contributed by atoms with van der Waals surface area (Å²) in [7, 11) is 3.62. The lowest BCUT2D eigenvalue weighted by Crippen LogP contribution is -2.54. The number of nitrogens with one attached hydrogen (secondary N) is 3. The highest BCUT2D eigenvalue weighted by molar-refractivity contribution is 6.03. The van der Waals surface area contributed by atoms with Gasteiger partial charge in [0, 0.05) is 49.5 Å². The number of carbonyl (C=O) groups is 8. The summed E-state index contributed by atoms with van der Waals surface area (Å²) >= 11 is 0. The zero-order valence-electron chi connectivity index (χ0n) is 36.3. The number of terminal acetylenes is 1. The smallest absolute Gasteiger partial charge is 0.333 e. The largest absolute Gasteiger partial charge is 0.457 e. The van der Waals surface area contributed by atoms with Crippen molar-refractivity contribution in [2.45, 2.75) is 124 Å². The van der Waals surface area contributed by atoms with Gasteiger partial charge < -0.3 is 25.5 Å². The molecule has 5 amide bonds. The molecule has 15 nitrogen and oxygen atoms in total. The van der Waals surface area contributed by atoms with Crippen LogP contribution in [0.4, 0.5) is 5.69 Å². The van der Waals surface area contributed by atoms with Crippen LogP contribution in [0, 0.1) is 24.2 Å². The molecule has 324 valence electrons. The SMILES string of the molecule is C#C[C@H](NC(=O)[C@@H](NC(=O)CCCCCN1C(=O)CC(C)C1=O)C(C)C)C(=O)Nc1ccc(COC(=O)C(=C)C)c(CN(C)C(C)(C)C(=O)CN(C)CCCC(C)=O)c1. The molecule has 0 spiro atoms. The molecule has 3 N–H and O–H groups in total. The van der Waals surface area contributed by atoms with E-state index in [1.165, 1.54) is 18.7 Å². The molecule has 1 unspecified atom stereocenters. The second kappa shape index (κ2) is 23.4. The first kappa shape index (κ1) is 49.9. The van der Waals surface area contributed by atoms with E-state index in [9.17, 15) is 38.4 Å². The van der Waals surface area contributed by atoms with Crippen molar-refractivity contribution in [3.05, 3.63) is 41.5 Å². The number of likely N-dealkylation sites (N-methyl/N-ethyl adjacent to an activating group) is 2. The Morgan fingerprint density at radius 2 is 1.66 bits per heavy atom. The number of unbranched alkanes of at least 4 members (excludes halogenated alkanes) is 2. The average Bonchev–Trinajstić information content (AvgIpc) is 3.40. The van der Waals surface area contributed by atoms with Gasteiger partial charge in [-0.15, -0.1) is 6.42 Å². The lowest BCUT2D eigenvalue weighted by molar-refractivity contribution is -0.141. The van der Waals surface area contributed by atoms with Crippen LogP contribution >= 0.6 is 0 Å². The number of Topliss-reactive ketones (excluding diaryl/α,β-unsaturated/α-hetero) is 2. The molecule has 0 aliphatic carbocycles. The zero-order chi connectivity index (χ0) is 44.6. The number of hydrogen-bond acceptors (Lipinski definition) is 11. The molecule has 0 saturated carbocycles. The second-order valence-corrected chi connectivity index (χ2v) is 16.4. The van der Waals surface area contributed by atoms with Crippen molar-refractivity contribution in [2.75, 3.05) is 39.0 Å². The summed E-state index contributed by atoms with van der Waals surface area (Å²) in [4.78, 5) is 106. The number of imide groups is 1. The van der Waals surface area contributed by atoms with Crippen molar-refractivity contribution >= 4 is 52.8 Å². The van der Waals surface area contributed by atoms with Crippen LogP contribution in [0.5, 0.6) is 0 Å². The molecular weight excluding hydrogens is 757 g/mol. The molecule has 1 aromatic carbocycles. The topological polar surface area (TPSA) is 192 Å². The van der Waals surface area contributed by atoms with E-state index in [-0.39, 0.29) is 79.2 Å². The van der Waals surface area contributed by atoms with Crippen molar-refractivity contribution < 1.29 is 43.1 Å². The molecule has 2 rings (SSSR count). The minimum atomic E-state index is -1.40. The Hall–Kier alpha value is -5.20. The number of ketones is 2. The molecule has 59 heavy (non-hydrogen) atoms. The molecule has 0 radical (unpaired) electrons. The van der Waals surface area contributed by atoms with E-state index in [0.29, 0.717) is 62.0 Å². The number of rotatable bonds is 25. The van der Waals surface area contributed by atoms with E-state index in [4.69, 9.17) is 11.2 Å². The van der Waals surface area contributed by atoms with E-state index in [1.807, 2.05) is 30.7 Å². The summed E-state index contributed by atoms with van der Waals surface area (Å²) < 4.78 is 5.43. The maximum absolute atomic E-state index is 13.5. The van der Waals surface area contributed by atoms with Gasteiger partial charge in [-0.25, -0.2) is 4.79 Å². The van der Waals surface area contributed by atoms with Gasteiger partial charge in [-0.1, -0.05) is 45.8 Å². The Kier molecular flexibility index (Phi) is 19.8. The summed E-state index contributed by atoms with van der Waals surface area (Å²) in [6.45, 7) is 16.7. The molecule has 15 heteroatoms. The molecule has 1 fully saturated rings. The third-order valence-electron chi connectivity index (χ3n) is 10.4. The summed E-state index contributed by atoms with van der Waals surface area (Å²) in [5.41, 5.74) is 0.894. The fourth-order valence-corrected chi connectivity index (χ4v) is 6.27. The standard InChI is InChI=1S/C44H64N6O9/c1-12-35(46-41(56)39(28(2)3)47-37(53)18-14-13-15-22-50-38(54)23-30(6)42(50)57)40(55)45-34-20-19-32(27-59-43(58)29(4)5)33(24-34)25-49(11)44(8,9)36(52)26-48(10)21-16-17-31(7)51/h1,19-20,24,28,30,35,39H,4,13-18,21-23,25-27H2,2-3,5-11H3,(H,45,55)(H,46,56)(H,47,53)/t30?,35-,39-/m0/s1. The van der Waals surface area contributed by atoms with Gasteiger partial charge in [-0.3, -0.25) is 43.5 Å². The molecule has 1 aliphatic heterocycles. The molecule has 1 saturated heterocycles. The first-order chi connectivity index (χ1) is 27.6. The number of ether oxygens (including phenoxy) is 1. The van der Waals surface area contributed by atoms with E-state index in [2.05, 4.69) is 28.4 Å². The van der Waals surface area contributed by atoms with Crippen molar-refractivity contribution in [1.82, 2.24) is 25.3 Å². The Bertz CT molecular complexity index is 1780. The van der Waals surface area contributed by atoms with Gasteiger partial charge in [0.15, 0.2) is 11.8 Å². The van der Waals surface area contributed by atoms with Crippen LogP contribution in [0.15, 0.2) is 30.4 Å². The Labute approximate surface area is 349 Å². The number of carbonyl (C=O) groups excluding carboxylic acids is 8. The van der Waals surface area contributed by atoms with E-state index >= 15 is 0 Å². The van der Waals surface area contributed by atoms with Crippen LogP contribution < -0.4 is 16.0 Å². The monoisotopic (exact) mass is 820 g/mol. The quantitative estimate of drug-likeness (QED) is 0.0430. The molecule has 1 heterocycles. The van der Waals surface area contributed by atoms with E-state index in [1.54, 1.807) is 46.0 Å². The molecule has 0 bridgehead atoms. The number of anilines is 1. The van der Waals surface area contributed by atoms with Crippen LogP contribution in [-0.4, -0.2) is 113 Å². The van der Waals surface area contributed by atoms with Gasteiger partial charge in [0.25, 0.3) is 5.91 Å². The molecular formula is C44H64N6O9. The number of amides is 5.